The zero-order chi connectivity index (χ0) is 14.4. The molecule has 0 aromatic carbocycles. The highest BCUT2D eigenvalue weighted by atomic mass is 32.1. The van der Waals surface area contributed by atoms with Crippen molar-refractivity contribution in [2.75, 3.05) is 19.6 Å². The molecular formula is C15H25N3OS. The molecule has 0 bridgehead atoms. The molecule has 0 radical (unpaired) electrons. The van der Waals surface area contributed by atoms with Gasteiger partial charge in [0.2, 0.25) is 5.91 Å². The van der Waals surface area contributed by atoms with E-state index in [2.05, 4.69) is 24.1 Å². The smallest absolute Gasteiger partial charge is 0.236 e. The second kappa shape index (κ2) is 7.74. The van der Waals surface area contributed by atoms with Crippen LogP contribution >= 0.6 is 11.3 Å². The van der Waals surface area contributed by atoms with E-state index in [0.717, 1.165) is 37.4 Å². The fourth-order valence-electron chi connectivity index (χ4n) is 2.45. The summed E-state index contributed by atoms with van der Waals surface area (Å²) < 4.78 is 0. The quantitative estimate of drug-likeness (QED) is 0.908. The van der Waals surface area contributed by atoms with Gasteiger partial charge in [0.25, 0.3) is 0 Å². The Labute approximate surface area is 125 Å². The van der Waals surface area contributed by atoms with Crippen molar-refractivity contribution >= 4 is 17.2 Å². The van der Waals surface area contributed by atoms with Crippen LogP contribution in [0.25, 0.3) is 0 Å². The Bertz CT molecular complexity index is 425. The molecule has 1 amide bonds. The number of likely N-dealkylation sites (tertiary alicyclic amines) is 1. The summed E-state index contributed by atoms with van der Waals surface area (Å²) in [5, 5.41) is 4.39. The maximum absolute atomic E-state index is 12.2. The summed E-state index contributed by atoms with van der Waals surface area (Å²) in [6, 6.07) is 0.149. The molecule has 1 aliphatic heterocycles. The van der Waals surface area contributed by atoms with E-state index in [0.29, 0.717) is 6.54 Å². The number of aryl methyl sites for hydroxylation is 1. The lowest BCUT2D eigenvalue weighted by Crippen LogP contribution is -2.39. The third-order valence-corrected chi connectivity index (χ3v) is 5.13. The van der Waals surface area contributed by atoms with Crippen LogP contribution in [0.4, 0.5) is 0 Å². The van der Waals surface area contributed by atoms with Crippen LogP contribution in [0.2, 0.25) is 0 Å². The van der Waals surface area contributed by atoms with Crippen LogP contribution in [0.15, 0.2) is 6.20 Å². The third kappa shape index (κ3) is 4.28. The maximum atomic E-state index is 12.2. The van der Waals surface area contributed by atoms with Gasteiger partial charge >= 0.3 is 0 Å². The van der Waals surface area contributed by atoms with Crippen LogP contribution in [-0.4, -0.2) is 35.4 Å². The van der Waals surface area contributed by atoms with Gasteiger partial charge in [-0.1, -0.05) is 19.8 Å². The Morgan fingerprint density at radius 3 is 2.70 bits per heavy atom. The predicted octanol–water partition coefficient (Wildman–Crippen LogP) is 2.76. The Morgan fingerprint density at radius 1 is 1.40 bits per heavy atom. The molecule has 2 heterocycles. The second-order valence-corrected chi connectivity index (χ2v) is 6.56. The Balaban J connectivity index is 1.79. The average Bonchev–Trinajstić information content (AvgIpc) is 2.78. The van der Waals surface area contributed by atoms with E-state index in [4.69, 9.17) is 0 Å². The van der Waals surface area contributed by atoms with Crippen molar-refractivity contribution < 1.29 is 4.79 Å². The van der Waals surface area contributed by atoms with Gasteiger partial charge in [-0.3, -0.25) is 10.1 Å². The van der Waals surface area contributed by atoms with E-state index in [1.165, 1.54) is 17.7 Å². The molecule has 1 fully saturated rings. The van der Waals surface area contributed by atoms with Gasteiger partial charge in [-0.25, -0.2) is 4.98 Å². The minimum atomic E-state index is 0.149. The molecule has 1 saturated heterocycles. The standard InChI is InChI=1S/C15H25N3OS/c1-3-13-10-17-15(20-13)12(2)16-11-14(19)18-8-6-4-5-7-9-18/h10,12,16H,3-9,11H2,1-2H3. The van der Waals surface area contributed by atoms with E-state index in [1.54, 1.807) is 11.3 Å². The van der Waals surface area contributed by atoms with Crippen molar-refractivity contribution in [2.45, 2.75) is 52.0 Å². The minimum Gasteiger partial charge on any atom is -0.342 e. The normalized spacial score (nSPS) is 17.8. The Hall–Kier alpha value is -0.940. The Kier molecular flexibility index (Phi) is 5.98. The zero-order valence-corrected chi connectivity index (χ0v) is 13.3. The molecule has 1 atom stereocenters. The number of nitrogens with one attached hydrogen (secondary N) is 1. The van der Waals surface area contributed by atoms with Gasteiger partial charge in [-0.05, 0) is 26.2 Å². The van der Waals surface area contributed by atoms with Crippen molar-refractivity contribution in [2.24, 2.45) is 0 Å². The SMILES string of the molecule is CCc1cnc(C(C)NCC(=O)N2CCCCCC2)s1. The minimum absolute atomic E-state index is 0.149. The third-order valence-electron chi connectivity index (χ3n) is 3.81. The molecule has 20 heavy (non-hydrogen) atoms. The van der Waals surface area contributed by atoms with Gasteiger partial charge in [0.1, 0.15) is 5.01 Å². The lowest BCUT2D eigenvalue weighted by atomic mass is 10.2. The molecule has 1 aliphatic rings. The topological polar surface area (TPSA) is 45.2 Å². The summed E-state index contributed by atoms with van der Waals surface area (Å²) in [7, 11) is 0. The van der Waals surface area contributed by atoms with Crippen molar-refractivity contribution in [3.63, 3.8) is 0 Å². The molecule has 0 aliphatic carbocycles. The molecule has 5 heteroatoms. The summed E-state index contributed by atoms with van der Waals surface area (Å²) >= 11 is 1.73. The van der Waals surface area contributed by atoms with E-state index in [9.17, 15) is 4.79 Å². The number of nitrogens with zero attached hydrogens (tertiary/aromatic N) is 2. The van der Waals surface area contributed by atoms with Gasteiger partial charge in [-0.15, -0.1) is 11.3 Å². The van der Waals surface area contributed by atoms with Gasteiger partial charge in [-0.2, -0.15) is 0 Å². The number of carbonyl (C=O) groups excluding carboxylic acids is 1. The van der Waals surface area contributed by atoms with E-state index < -0.39 is 0 Å². The number of aromatic nitrogens is 1. The number of thiazole rings is 1. The molecule has 1 aromatic heterocycles. The first-order valence-corrected chi connectivity index (χ1v) is 8.48. The number of hydrogen-bond acceptors (Lipinski definition) is 4. The van der Waals surface area contributed by atoms with E-state index in [1.807, 2.05) is 11.1 Å². The molecule has 1 aromatic rings. The van der Waals surface area contributed by atoms with Gasteiger partial charge in [0.15, 0.2) is 0 Å². The summed E-state index contributed by atoms with van der Waals surface area (Å²) in [5.74, 6) is 0.228. The molecule has 1 unspecified atom stereocenters. The molecule has 112 valence electrons. The van der Waals surface area contributed by atoms with E-state index >= 15 is 0 Å². The monoisotopic (exact) mass is 295 g/mol. The molecule has 0 saturated carbocycles. The molecular weight excluding hydrogens is 270 g/mol. The molecule has 2 rings (SSSR count). The predicted molar refractivity (Wildman–Crippen MR) is 83.0 cm³/mol. The summed E-state index contributed by atoms with van der Waals surface area (Å²) in [6.07, 6.45) is 7.77. The lowest BCUT2D eigenvalue weighted by Gasteiger charge is -2.21. The summed E-state index contributed by atoms with van der Waals surface area (Å²) in [5.41, 5.74) is 0. The van der Waals surface area contributed by atoms with Crippen LogP contribution in [0.3, 0.4) is 0 Å². The zero-order valence-electron chi connectivity index (χ0n) is 12.5. The Morgan fingerprint density at radius 2 is 2.10 bits per heavy atom. The number of amides is 1. The van der Waals surface area contributed by atoms with Crippen molar-refractivity contribution in [3.05, 3.63) is 16.1 Å². The van der Waals surface area contributed by atoms with Crippen molar-refractivity contribution in [1.29, 1.82) is 0 Å². The fraction of sp³-hybridized carbons (Fsp3) is 0.733. The lowest BCUT2D eigenvalue weighted by molar-refractivity contribution is -0.130. The average molecular weight is 295 g/mol. The van der Waals surface area contributed by atoms with Crippen LogP contribution in [0.1, 0.15) is 55.5 Å². The van der Waals surface area contributed by atoms with Crippen LogP contribution < -0.4 is 5.32 Å². The highest BCUT2D eigenvalue weighted by Crippen LogP contribution is 2.20. The van der Waals surface area contributed by atoms with Crippen LogP contribution in [0, 0.1) is 0 Å². The number of hydrogen-bond donors (Lipinski definition) is 1. The van der Waals surface area contributed by atoms with Crippen LogP contribution in [0.5, 0.6) is 0 Å². The van der Waals surface area contributed by atoms with Crippen molar-refractivity contribution in [1.82, 2.24) is 15.2 Å². The number of carbonyl (C=O) groups is 1. The van der Waals surface area contributed by atoms with Gasteiger partial charge < -0.3 is 4.90 Å². The molecule has 4 nitrogen and oxygen atoms in total. The first-order chi connectivity index (χ1) is 9.70. The van der Waals surface area contributed by atoms with E-state index in [-0.39, 0.29) is 11.9 Å². The molecule has 1 N–H and O–H groups in total. The van der Waals surface area contributed by atoms with Gasteiger partial charge in [0, 0.05) is 24.2 Å². The summed E-state index contributed by atoms with van der Waals surface area (Å²) in [6.45, 7) is 6.48. The second-order valence-electron chi connectivity index (χ2n) is 5.42. The fourth-order valence-corrected chi connectivity index (χ4v) is 3.33. The summed E-state index contributed by atoms with van der Waals surface area (Å²) in [4.78, 5) is 19.9. The number of rotatable bonds is 5. The van der Waals surface area contributed by atoms with Crippen molar-refractivity contribution in [3.8, 4) is 0 Å². The highest BCUT2D eigenvalue weighted by molar-refractivity contribution is 7.11. The van der Waals surface area contributed by atoms with Gasteiger partial charge in [0.05, 0.1) is 12.6 Å². The molecule has 0 spiro atoms. The first kappa shape index (κ1) is 15.4. The highest BCUT2D eigenvalue weighted by Gasteiger charge is 2.17. The first-order valence-electron chi connectivity index (χ1n) is 7.66. The maximum Gasteiger partial charge on any atom is 0.236 e. The largest absolute Gasteiger partial charge is 0.342 e. The van der Waals surface area contributed by atoms with Crippen LogP contribution in [-0.2, 0) is 11.2 Å².